The van der Waals surface area contributed by atoms with Crippen molar-refractivity contribution in [1.29, 1.82) is 0 Å². The van der Waals surface area contributed by atoms with Gasteiger partial charge in [-0.15, -0.1) is 0 Å². The van der Waals surface area contributed by atoms with Crippen LogP contribution in [0.2, 0.25) is 0 Å². The molecule has 0 saturated heterocycles. The first kappa shape index (κ1) is 12.7. The third-order valence-electron chi connectivity index (χ3n) is 3.73. The minimum absolute atomic E-state index is 0.0298. The first-order valence-corrected chi connectivity index (χ1v) is 7.03. The van der Waals surface area contributed by atoms with E-state index in [0.29, 0.717) is 12.8 Å². The monoisotopic (exact) mass is 291 g/mol. The fourth-order valence-corrected chi connectivity index (χ4v) is 2.59. The molecule has 6 heteroatoms. The summed E-state index contributed by atoms with van der Waals surface area (Å²) in [5.74, 6) is -0.0298. The first-order valence-electron chi connectivity index (χ1n) is 7.03. The van der Waals surface area contributed by atoms with E-state index in [1.54, 1.807) is 12.4 Å². The maximum absolute atomic E-state index is 11.2. The summed E-state index contributed by atoms with van der Waals surface area (Å²) in [6.45, 7) is 0. The lowest BCUT2D eigenvalue weighted by atomic mass is 10.0. The van der Waals surface area contributed by atoms with Gasteiger partial charge in [0, 0.05) is 47.4 Å². The molecule has 2 aromatic heterocycles. The minimum Gasteiger partial charge on any atom is -0.354 e. The van der Waals surface area contributed by atoms with Crippen LogP contribution in [0, 0.1) is 0 Å². The van der Waals surface area contributed by atoms with Crippen LogP contribution in [0.5, 0.6) is 0 Å². The van der Waals surface area contributed by atoms with Crippen molar-refractivity contribution in [1.82, 2.24) is 20.4 Å². The summed E-state index contributed by atoms with van der Waals surface area (Å²) in [4.78, 5) is 22.6. The number of rotatable bonds is 2. The summed E-state index contributed by atoms with van der Waals surface area (Å²) in [5, 5.41) is 5.23. The van der Waals surface area contributed by atoms with E-state index in [2.05, 4.69) is 37.6 Å². The molecule has 2 N–H and O–H groups in total. The summed E-state index contributed by atoms with van der Waals surface area (Å²) in [6.07, 6.45) is 6.22. The molecule has 0 radical (unpaired) electrons. The van der Waals surface area contributed by atoms with Crippen LogP contribution in [0.25, 0.3) is 22.2 Å². The zero-order chi connectivity index (χ0) is 14.9. The van der Waals surface area contributed by atoms with Crippen molar-refractivity contribution in [2.24, 2.45) is 5.10 Å². The van der Waals surface area contributed by atoms with E-state index in [0.717, 1.165) is 33.4 Å². The molecule has 0 aliphatic carbocycles. The van der Waals surface area contributed by atoms with Gasteiger partial charge in [-0.25, -0.2) is 15.4 Å². The van der Waals surface area contributed by atoms with Gasteiger partial charge in [0.2, 0.25) is 5.91 Å². The Bertz CT molecular complexity index is 882. The second-order valence-electron chi connectivity index (χ2n) is 5.21. The molecule has 0 bridgehead atoms. The van der Waals surface area contributed by atoms with Gasteiger partial charge in [0.25, 0.3) is 0 Å². The number of aromatic amines is 1. The highest BCUT2D eigenvalue weighted by atomic mass is 16.2. The summed E-state index contributed by atoms with van der Waals surface area (Å²) in [5.41, 5.74) is 7.44. The highest BCUT2D eigenvalue weighted by Crippen LogP contribution is 2.24. The third kappa shape index (κ3) is 2.24. The maximum Gasteiger partial charge on any atom is 0.240 e. The Kier molecular flexibility index (Phi) is 2.93. The predicted molar refractivity (Wildman–Crippen MR) is 83.2 cm³/mol. The van der Waals surface area contributed by atoms with E-state index in [9.17, 15) is 4.79 Å². The number of hydrazone groups is 1. The van der Waals surface area contributed by atoms with Crippen molar-refractivity contribution >= 4 is 22.5 Å². The second-order valence-corrected chi connectivity index (χ2v) is 5.21. The Morgan fingerprint density at radius 2 is 1.86 bits per heavy atom. The molecule has 1 aromatic carbocycles. The van der Waals surface area contributed by atoms with Crippen LogP contribution in [0.1, 0.15) is 18.4 Å². The van der Waals surface area contributed by atoms with Crippen LogP contribution in [-0.2, 0) is 4.79 Å². The molecular weight excluding hydrogens is 278 g/mol. The van der Waals surface area contributed by atoms with Gasteiger partial charge in [-0.2, -0.15) is 5.10 Å². The molecule has 22 heavy (non-hydrogen) atoms. The van der Waals surface area contributed by atoms with Gasteiger partial charge >= 0.3 is 0 Å². The number of nitrogens with one attached hydrogen (secondary N) is 2. The Hall–Kier alpha value is -3.02. The second kappa shape index (κ2) is 5.07. The van der Waals surface area contributed by atoms with Crippen molar-refractivity contribution < 1.29 is 4.79 Å². The molecule has 1 amide bonds. The van der Waals surface area contributed by atoms with Crippen LogP contribution in [0.15, 0.2) is 48.1 Å². The number of nitrogens with zero attached hydrogens (tertiary/aromatic N) is 3. The van der Waals surface area contributed by atoms with E-state index in [1.165, 1.54) is 6.33 Å². The first-order chi connectivity index (χ1) is 10.8. The number of H-pyrrole nitrogens is 1. The van der Waals surface area contributed by atoms with E-state index >= 15 is 0 Å². The number of hydrogen-bond donors (Lipinski definition) is 2. The average Bonchev–Trinajstić information content (AvgIpc) is 2.99. The van der Waals surface area contributed by atoms with Crippen LogP contribution >= 0.6 is 0 Å². The van der Waals surface area contributed by atoms with E-state index in [-0.39, 0.29) is 5.91 Å². The van der Waals surface area contributed by atoms with Crippen LogP contribution < -0.4 is 5.43 Å². The zero-order valence-electron chi connectivity index (χ0n) is 11.7. The van der Waals surface area contributed by atoms with Gasteiger partial charge in [-0.1, -0.05) is 6.07 Å². The summed E-state index contributed by atoms with van der Waals surface area (Å²) in [7, 11) is 0. The fourth-order valence-electron chi connectivity index (χ4n) is 2.59. The number of amides is 1. The van der Waals surface area contributed by atoms with Gasteiger partial charge in [0.05, 0.1) is 5.71 Å². The number of carbonyl (C=O) groups excluding carboxylic acids is 1. The van der Waals surface area contributed by atoms with Crippen LogP contribution in [0.3, 0.4) is 0 Å². The molecule has 1 aliphatic rings. The van der Waals surface area contributed by atoms with Crippen LogP contribution in [-0.4, -0.2) is 26.6 Å². The highest BCUT2D eigenvalue weighted by Gasteiger charge is 2.14. The van der Waals surface area contributed by atoms with Gasteiger partial charge in [0.15, 0.2) is 0 Å². The van der Waals surface area contributed by atoms with Crippen LogP contribution in [0.4, 0.5) is 0 Å². The molecule has 0 saturated carbocycles. The lowest BCUT2D eigenvalue weighted by molar-refractivity contribution is -0.121. The van der Waals surface area contributed by atoms with Gasteiger partial charge in [-0.3, -0.25) is 4.79 Å². The van der Waals surface area contributed by atoms with Gasteiger partial charge in [0.1, 0.15) is 6.33 Å². The fraction of sp³-hybridized carbons (Fsp3) is 0.125. The quantitative estimate of drug-likeness (QED) is 0.759. The lowest BCUT2D eigenvalue weighted by Crippen LogP contribution is -2.25. The molecule has 0 spiro atoms. The molecule has 3 aromatic rings. The zero-order valence-corrected chi connectivity index (χ0v) is 11.7. The Morgan fingerprint density at radius 3 is 2.64 bits per heavy atom. The molecule has 3 heterocycles. The minimum atomic E-state index is -0.0298. The van der Waals surface area contributed by atoms with E-state index in [1.807, 2.05) is 12.1 Å². The molecule has 1 aliphatic heterocycles. The molecular formula is C16H13N5O. The smallest absolute Gasteiger partial charge is 0.240 e. The van der Waals surface area contributed by atoms with Crippen molar-refractivity contribution in [2.75, 3.05) is 0 Å². The Balaban J connectivity index is 1.74. The number of benzene rings is 1. The van der Waals surface area contributed by atoms with Crippen molar-refractivity contribution in [3.8, 4) is 11.3 Å². The molecule has 4 rings (SSSR count). The van der Waals surface area contributed by atoms with Gasteiger partial charge < -0.3 is 4.98 Å². The SMILES string of the molecule is O=C1CCC(c2ccc3[nH]c(-c4cncnc4)cc3c2)=NN1. The Morgan fingerprint density at radius 1 is 1.00 bits per heavy atom. The topological polar surface area (TPSA) is 83.0 Å². The molecule has 108 valence electrons. The van der Waals surface area contributed by atoms with Crippen molar-refractivity contribution in [2.45, 2.75) is 12.8 Å². The summed E-state index contributed by atoms with van der Waals surface area (Å²) < 4.78 is 0. The number of fused-ring (bicyclic) bond motifs is 1. The van der Waals surface area contributed by atoms with Crippen molar-refractivity contribution in [3.05, 3.63) is 48.5 Å². The molecule has 6 nitrogen and oxygen atoms in total. The largest absolute Gasteiger partial charge is 0.354 e. The molecule has 0 atom stereocenters. The lowest BCUT2D eigenvalue weighted by Gasteiger charge is -2.11. The average molecular weight is 291 g/mol. The van der Waals surface area contributed by atoms with Gasteiger partial charge in [-0.05, 0) is 23.8 Å². The summed E-state index contributed by atoms with van der Waals surface area (Å²) >= 11 is 0. The van der Waals surface area contributed by atoms with Crippen molar-refractivity contribution in [3.63, 3.8) is 0 Å². The van der Waals surface area contributed by atoms with E-state index < -0.39 is 0 Å². The third-order valence-corrected chi connectivity index (χ3v) is 3.73. The van der Waals surface area contributed by atoms with E-state index in [4.69, 9.17) is 0 Å². The Labute approximate surface area is 126 Å². The molecule has 0 fully saturated rings. The predicted octanol–water partition coefficient (Wildman–Crippen LogP) is 2.24. The normalized spacial score (nSPS) is 14.7. The number of hydrogen-bond acceptors (Lipinski definition) is 4. The summed E-state index contributed by atoms with van der Waals surface area (Å²) in [6, 6.07) is 8.19. The highest BCUT2D eigenvalue weighted by molar-refractivity contribution is 6.06. The number of carbonyl (C=O) groups is 1. The molecule has 0 unspecified atom stereocenters. The standard InChI is InChI=1S/C16H13N5O/c22-16-4-3-14(20-21-16)10-1-2-13-11(5-10)6-15(19-13)12-7-17-9-18-8-12/h1-2,5-9,19H,3-4H2,(H,21,22). The number of aromatic nitrogens is 3. The maximum atomic E-state index is 11.2.